The molecule has 0 spiro atoms. The van der Waals surface area contributed by atoms with E-state index in [0.29, 0.717) is 22.2 Å². The fourth-order valence-corrected chi connectivity index (χ4v) is 2.69. The summed E-state index contributed by atoms with van der Waals surface area (Å²) in [6.45, 7) is -0.156. The van der Waals surface area contributed by atoms with Crippen molar-refractivity contribution in [3.63, 3.8) is 0 Å². The summed E-state index contributed by atoms with van der Waals surface area (Å²) in [5.74, 6) is -1.53. The number of H-pyrrole nitrogens is 1. The third-order valence-electron chi connectivity index (χ3n) is 4.26. The number of hydrogen-bond donors (Lipinski definition) is 3. The third kappa shape index (κ3) is 3.75. The molecule has 0 aromatic carbocycles. The molecule has 0 unspecified atom stereocenters. The lowest BCUT2D eigenvalue weighted by atomic mass is 9.90. The summed E-state index contributed by atoms with van der Waals surface area (Å²) in [5.41, 5.74) is 5.14. The average Bonchev–Trinajstić information content (AvgIpc) is 3.02. The van der Waals surface area contributed by atoms with Gasteiger partial charge in [-0.1, -0.05) is 0 Å². The van der Waals surface area contributed by atoms with Crippen LogP contribution in [0.1, 0.15) is 12.5 Å². The van der Waals surface area contributed by atoms with Crippen LogP contribution in [-0.2, 0) is 10.3 Å². The predicted octanol–water partition coefficient (Wildman–Crippen LogP) is 2.62. The number of pyridine rings is 2. The van der Waals surface area contributed by atoms with E-state index in [1.807, 2.05) is 0 Å². The van der Waals surface area contributed by atoms with Gasteiger partial charge in [0.1, 0.15) is 17.0 Å². The molecule has 3 heterocycles. The molecule has 4 N–H and O–H groups in total. The highest BCUT2D eigenvalue weighted by atomic mass is 19.4. The highest BCUT2D eigenvalue weighted by Crippen LogP contribution is 2.31. The Hall–Kier alpha value is -3.01. The number of nitrogens with one attached hydrogen (secondary N) is 2. The van der Waals surface area contributed by atoms with Gasteiger partial charge in [0.2, 0.25) is 5.91 Å². The van der Waals surface area contributed by atoms with Crippen molar-refractivity contribution in [1.82, 2.24) is 20.3 Å². The van der Waals surface area contributed by atoms with Crippen molar-refractivity contribution < 1.29 is 22.4 Å². The van der Waals surface area contributed by atoms with Crippen LogP contribution in [0.4, 0.5) is 17.6 Å². The minimum absolute atomic E-state index is 0.149. The SMILES string of the molecule is C[C@@](NCC(F)(F)F)(C(N)=O)c1cncc(-c2c[nH]c3ncc(F)cc23)c1. The molecule has 3 aromatic rings. The number of rotatable bonds is 5. The van der Waals surface area contributed by atoms with E-state index in [0.717, 1.165) is 6.20 Å². The number of fused-ring (bicyclic) bond motifs is 1. The van der Waals surface area contributed by atoms with E-state index < -0.39 is 30.0 Å². The monoisotopic (exact) mass is 381 g/mol. The number of halogens is 4. The van der Waals surface area contributed by atoms with Gasteiger partial charge in [-0.15, -0.1) is 0 Å². The van der Waals surface area contributed by atoms with Crippen LogP contribution in [0.5, 0.6) is 0 Å². The van der Waals surface area contributed by atoms with Gasteiger partial charge in [0.25, 0.3) is 0 Å². The minimum atomic E-state index is -4.53. The van der Waals surface area contributed by atoms with E-state index in [1.165, 1.54) is 31.5 Å². The molecule has 0 aliphatic heterocycles. The van der Waals surface area contributed by atoms with Crippen molar-refractivity contribution >= 4 is 16.9 Å². The second-order valence-electron chi connectivity index (χ2n) is 6.17. The summed E-state index contributed by atoms with van der Waals surface area (Å²) in [6.07, 6.45) is 0.806. The molecule has 10 heteroatoms. The molecule has 3 aromatic heterocycles. The quantitative estimate of drug-likeness (QED) is 0.592. The van der Waals surface area contributed by atoms with Gasteiger partial charge < -0.3 is 10.7 Å². The molecule has 27 heavy (non-hydrogen) atoms. The van der Waals surface area contributed by atoms with Crippen LogP contribution < -0.4 is 11.1 Å². The average molecular weight is 381 g/mol. The Kier molecular flexibility index (Phi) is 4.60. The molecule has 0 bridgehead atoms. The Balaban J connectivity index is 2.05. The Bertz CT molecular complexity index is 1000. The molecule has 3 rings (SSSR count). The summed E-state index contributed by atoms with van der Waals surface area (Å²) < 4.78 is 51.3. The van der Waals surface area contributed by atoms with Crippen LogP contribution in [0.15, 0.2) is 36.9 Å². The Labute approximate surface area is 150 Å². The maximum absolute atomic E-state index is 13.5. The minimum Gasteiger partial charge on any atom is -0.368 e. The number of carbonyl (C=O) groups excluding carboxylic acids is 1. The van der Waals surface area contributed by atoms with Crippen LogP contribution in [0.3, 0.4) is 0 Å². The number of aromatic amines is 1. The van der Waals surface area contributed by atoms with Crippen LogP contribution in [0.25, 0.3) is 22.2 Å². The van der Waals surface area contributed by atoms with Crippen molar-refractivity contribution in [1.29, 1.82) is 0 Å². The largest absolute Gasteiger partial charge is 0.401 e. The van der Waals surface area contributed by atoms with Crippen molar-refractivity contribution in [3.05, 3.63) is 48.3 Å². The maximum atomic E-state index is 13.5. The van der Waals surface area contributed by atoms with Crippen LogP contribution in [0, 0.1) is 5.82 Å². The van der Waals surface area contributed by atoms with E-state index in [9.17, 15) is 22.4 Å². The van der Waals surface area contributed by atoms with Gasteiger partial charge in [0.05, 0.1) is 12.7 Å². The fraction of sp³-hybridized carbons (Fsp3) is 0.235. The molecular weight excluding hydrogens is 366 g/mol. The predicted molar refractivity (Wildman–Crippen MR) is 89.9 cm³/mol. The van der Waals surface area contributed by atoms with Gasteiger partial charge in [0, 0.05) is 40.7 Å². The molecule has 142 valence electrons. The number of hydrogen-bond acceptors (Lipinski definition) is 4. The molecule has 0 saturated carbocycles. The molecule has 0 radical (unpaired) electrons. The summed E-state index contributed by atoms with van der Waals surface area (Å²) in [6, 6.07) is 2.75. The molecule has 1 amide bonds. The Morgan fingerprint density at radius 3 is 2.67 bits per heavy atom. The lowest BCUT2D eigenvalue weighted by molar-refractivity contribution is -0.135. The van der Waals surface area contributed by atoms with Gasteiger partial charge in [0.15, 0.2) is 0 Å². The van der Waals surface area contributed by atoms with Gasteiger partial charge >= 0.3 is 6.18 Å². The van der Waals surface area contributed by atoms with Crippen molar-refractivity contribution in [2.75, 3.05) is 6.54 Å². The highest BCUT2D eigenvalue weighted by molar-refractivity contribution is 5.94. The van der Waals surface area contributed by atoms with Gasteiger partial charge in [-0.3, -0.25) is 15.1 Å². The van der Waals surface area contributed by atoms with Gasteiger partial charge in [-0.05, 0) is 19.1 Å². The topological polar surface area (TPSA) is 96.7 Å². The van der Waals surface area contributed by atoms with E-state index in [-0.39, 0.29) is 5.56 Å². The molecule has 0 aliphatic rings. The number of primary amides is 1. The first kappa shape index (κ1) is 18.8. The van der Waals surface area contributed by atoms with Crippen LogP contribution >= 0.6 is 0 Å². The third-order valence-corrected chi connectivity index (χ3v) is 4.26. The first-order valence-electron chi connectivity index (χ1n) is 7.80. The van der Waals surface area contributed by atoms with E-state index >= 15 is 0 Å². The maximum Gasteiger partial charge on any atom is 0.401 e. The lowest BCUT2D eigenvalue weighted by Crippen LogP contribution is -2.53. The van der Waals surface area contributed by atoms with E-state index in [4.69, 9.17) is 5.73 Å². The van der Waals surface area contributed by atoms with Crippen LogP contribution in [0.2, 0.25) is 0 Å². The zero-order valence-corrected chi connectivity index (χ0v) is 14.1. The molecular formula is C17H15F4N5O. The first-order valence-corrected chi connectivity index (χ1v) is 7.80. The molecule has 1 atom stereocenters. The summed E-state index contributed by atoms with van der Waals surface area (Å²) >= 11 is 0. The van der Waals surface area contributed by atoms with Crippen molar-refractivity contribution in [2.24, 2.45) is 5.73 Å². The van der Waals surface area contributed by atoms with Gasteiger partial charge in [-0.25, -0.2) is 9.37 Å². The highest BCUT2D eigenvalue weighted by Gasteiger charge is 2.38. The Morgan fingerprint density at radius 2 is 2.00 bits per heavy atom. The number of nitrogens with two attached hydrogens (primary N) is 1. The molecule has 0 saturated heterocycles. The summed E-state index contributed by atoms with van der Waals surface area (Å²) in [5, 5.41) is 2.62. The van der Waals surface area contributed by atoms with E-state index in [2.05, 4.69) is 20.3 Å². The normalized spacial score (nSPS) is 14.3. The Morgan fingerprint density at radius 1 is 1.26 bits per heavy atom. The second-order valence-corrected chi connectivity index (χ2v) is 6.17. The number of alkyl halides is 3. The summed E-state index contributed by atoms with van der Waals surface area (Å²) in [4.78, 5) is 22.7. The zero-order valence-electron chi connectivity index (χ0n) is 14.1. The van der Waals surface area contributed by atoms with Crippen LogP contribution in [-0.4, -0.2) is 33.6 Å². The van der Waals surface area contributed by atoms with Gasteiger partial charge in [-0.2, -0.15) is 13.2 Å². The standard InChI is InChI=1S/C17H15F4N5O/c1-16(15(22)27,26-8-17(19,20)21)10-2-9(4-23-5-10)13-7-25-14-12(13)3-11(18)6-24-14/h2-7,26H,8H2,1H3,(H2,22,27)(H,24,25)/t16-/m0/s1. The zero-order chi connectivity index (χ0) is 19.8. The number of carbonyl (C=O) groups is 1. The molecule has 0 aliphatic carbocycles. The molecule has 6 nitrogen and oxygen atoms in total. The number of nitrogens with zero attached hydrogens (tertiary/aromatic N) is 2. The number of aromatic nitrogens is 3. The van der Waals surface area contributed by atoms with Crippen molar-refractivity contribution in [3.8, 4) is 11.1 Å². The van der Waals surface area contributed by atoms with E-state index in [1.54, 1.807) is 6.20 Å². The molecule has 0 fully saturated rings. The van der Waals surface area contributed by atoms with Crippen molar-refractivity contribution in [2.45, 2.75) is 18.6 Å². The second kappa shape index (κ2) is 6.62. The fourth-order valence-electron chi connectivity index (χ4n) is 2.69. The smallest absolute Gasteiger partial charge is 0.368 e. The summed E-state index contributed by atoms with van der Waals surface area (Å²) in [7, 11) is 0. The number of amides is 1. The first-order chi connectivity index (χ1) is 12.6. The lowest BCUT2D eigenvalue weighted by Gasteiger charge is -2.28.